The van der Waals surface area contributed by atoms with E-state index in [1.165, 1.54) is 11.3 Å². The van der Waals surface area contributed by atoms with Crippen molar-refractivity contribution in [2.75, 3.05) is 46.0 Å². The number of likely N-dealkylation sites (tertiary alicyclic amines) is 1. The van der Waals surface area contributed by atoms with Gasteiger partial charge in [-0.2, -0.15) is 0 Å². The van der Waals surface area contributed by atoms with Crippen LogP contribution in [0.5, 0.6) is 0 Å². The van der Waals surface area contributed by atoms with Crippen molar-refractivity contribution in [2.24, 2.45) is 5.73 Å². The van der Waals surface area contributed by atoms with Gasteiger partial charge in [-0.1, -0.05) is 18.2 Å². The number of nitrogens with zero attached hydrogens (tertiary/aromatic N) is 2. The van der Waals surface area contributed by atoms with Crippen molar-refractivity contribution in [3.63, 3.8) is 0 Å². The van der Waals surface area contributed by atoms with Crippen molar-refractivity contribution in [3.05, 3.63) is 34.7 Å². The molecule has 2 aromatic rings. The van der Waals surface area contributed by atoms with Crippen LogP contribution in [0.2, 0.25) is 0 Å². The highest BCUT2D eigenvalue weighted by Gasteiger charge is 2.31. The van der Waals surface area contributed by atoms with Crippen LogP contribution in [-0.2, 0) is 19.1 Å². The molecule has 2 aliphatic rings. The lowest BCUT2D eigenvalue weighted by Crippen LogP contribution is -2.44. The number of hydrogen-bond acceptors (Lipinski definition) is 6. The number of fused-ring (bicyclic) bond motifs is 1. The number of amides is 3. The van der Waals surface area contributed by atoms with E-state index in [0.29, 0.717) is 44.1 Å². The van der Waals surface area contributed by atoms with Gasteiger partial charge in [0, 0.05) is 36.3 Å². The maximum absolute atomic E-state index is 12.6. The number of hydrogen-bond donors (Lipinski definition) is 1. The number of rotatable bonds is 7. The summed E-state index contributed by atoms with van der Waals surface area (Å²) >= 11 is 1.35. The Bertz CT molecular complexity index is 959. The third-order valence-corrected chi connectivity index (χ3v) is 6.70. The Kier molecular flexibility index (Phi) is 6.31. The normalized spacial score (nSPS) is 19.6. The van der Waals surface area contributed by atoms with Crippen LogP contribution in [0, 0.1) is 0 Å². The number of primary amides is 1. The SMILES string of the molecule is NC(=O)c1sc2ccccc2c1[C@@H]1CN(C(=O)COCCN2CCCC2=O)CCO1. The predicted octanol–water partition coefficient (Wildman–Crippen LogP) is 1.54. The van der Waals surface area contributed by atoms with Gasteiger partial charge in [-0.15, -0.1) is 11.3 Å². The van der Waals surface area contributed by atoms with Gasteiger partial charge in [0.05, 0.1) is 24.6 Å². The number of morpholine rings is 1. The van der Waals surface area contributed by atoms with E-state index in [2.05, 4.69) is 0 Å². The Hall–Kier alpha value is -2.49. The Morgan fingerprint density at radius 1 is 1.27 bits per heavy atom. The summed E-state index contributed by atoms with van der Waals surface area (Å²) in [6, 6.07) is 7.72. The van der Waals surface area contributed by atoms with Crippen LogP contribution in [0.25, 0.3) is 10.1 Å². The third-order valence-electron chi connectivity index (χ3n) is 5.50. The second-order valence-corrected chi connectivity index (χ2v) is 8.49. The molecule has 0 spiro atoms. The zero-order chi connectivity index (χ0) is 21.1. The fraction of sp³-hybridized carbons (Fsp3) is 0.476. The van der Waals surface area contributed by atoms with Crippen LogP contribution in [0.3, 0.4) is 0 Å². The van der Waals surface area contributed by atoms with Gasteiger partial charge < -0.3 is 25.0 Å². The lowest BCUT2D eigenvalue weighted by atomic mass is 10.0. The average Bonchev–Trinajstić information content (AvgIpc) is 3.34. The molecule has 3 amide bonds. The van der Waals surface area contributed by atoms with Crippen molar-refractivity contribution in [2.45, 2.75) is 18.9 Å². The molecule has 2 aliphatic heterocycles. The monoisotopic (exact) mass is 431 g/mol. The largest absolute Gasteiger partial charge is 0.370 e. The summed E-state index contributed by atoms with van der Waals surface area (Å²) < 4.78 is 12.4. The number of carbonyl (C=O) groups excluding carboxylic acids is 3. The van der Waals surface area contributed by atoms with Gasteiger partial charge in [0.25, 0.3) is 5.91 Å². The summed E-state index contributed by atoms with van der Waals surface area (Å²) in [6.45, 7) is 2.76. The van der Waals surface area contributed by atoms with Gasteiger partial charge in [-0.25, -0.2) is 0 Å². The van der Waals surface area contributed by atoms with Crippen LogP contribution in [0.4, 0.5) is 0 Å². The molecule has 0 bridgehead atoms. The van der Waals surface area contributed by atoms with Gasteiger partial charge in [-0.05, 0) is 17.9 Å². The summed E-state index contributed by atoms with van der Waals surface area (Å²) in [7, 11) is 0. The minimum absolute atomic E-state index is 0.0399. The highest BCUT2D eigenvalue weighted by Crippen LogP contribution is 2.37. The lowest BCUT2D eigenvalue weighted by molar-refractivity contribution is -0.144. The van der Waals surface area contributed by atoms with Crippen LogP contribution < -0.4 is 5.73 Å². The van der Waals surface area contributed by atoms with Gasteiger partial charge in [0.15, 0.2) is 0 Å². The van der Waals surface area contributed by atoms with Gasteiger partial charge in [0.1, 0.15) is 12.7 Å². The average molecular weight is 432 g/mol. The van der Waals surface area contributed by atoms with E-state index in [4.69, 9.17) is 15.2 Å². The predicted molar refractivity (Wildman–Crippen MR) is 112 cm³/mol. The summed E-state index contributed by atoms with van der Waals surface area (Å²) in [6.07, 6.45) is 1.07. The molecule has 9 heteroatoms. The summed E-state index contributed by atoms with van der Waals surface area (Å²) in [4.78, 5) is 40.2. The molecule has 8 nitrogen and oxygen atoms in total. The van der Waals surface area contributed by atoms with Gasteiger partial charge in [-0.3, -0.25) is 14.4 Å². The molecule has 3 heterocycles. The van der Waals surface area contributed by atoms with Gasteiger partial charge >= 0.3 is 0 Å². The molecule has 1 aromatic heterocycles. The van der Waals surface area contributed by atoms with E-state index < -0.39 is 12.0 Å². The summed E-state index contributed by atoms with van der Waals surface area (Å²) in [5.41, 5.74) is 6.37. The molecular formula is C21H25N3O5S. The highest BCUT2D eigenvalue weighted by molar-refractivity contribution is 7.21. The Labute approximate surface area is 178 Å². The van der Waals surface area contributed by atoms with Crippen molar-refractivity contribution >= 4 is 39.1 Å². The Balaban J connectivity index is 1.38. The molecule has 2 fully saturated rings. The molecule has 1 atom stereocenters. The fourth-order valence-electron chi connectivity index (χ4n) is 3.98. The first-order chi connectivity index (χ1) is 14.5. The van der Waals surface area contributed by atoms with E-state index in [0.717, 1.165) is 28.6 Å². The van der Waals surface area contributed by atoms with Crippen molar-refractivity contribution in [1.82, 2.24) is 9.80 Å². The molecular weight excluding hydrogens is 406 g/mol. The molecule has 0 saturated carbocycles. The molecule has 2 saturated heterocycles. The lowest BCUT2D eigenvalue weighted by Gasteiger charge is -2.33. The zero-order valence-electron chi connectivity index (χ0n) is 16.7. The third kappa shape index (κ3) is 4.33. The summed E-state index contributed by atoms with van der Waals surface area (Å²) in [5, 5.41) is 0.933. The molecule has 0 unspecified atom stereocenters. The Morgan fingerprint density at radius 3 is 2.87 bits per heavy atom. The second-order valence-electron chi connectivity index (χ2n) is 7.44. The van der Waals surface area contributed by atoms with E-state index in [9.17, 15) is 14.4 Å². The first-order valence-corrected chi connectivity index (χ1v) is 10.9. The zero-order valence-corrected chi connectivity index (χ0v) is 17.5. The molecule has 30 heavy (non-hydrogen) atoms. The number of ether oxygens (including phenoxy) is 2. The number of carbonyl (C=O) groups is 3. The topological polar surface area (TPSA) is 102 Å². The van der Waals surface area contributed by atoms with Gasteiger partial charge in [0.2, 0.25) is 11.8 Å². The summed E-state index contributed by atoms with van der Waals surface area (Å²) in [5.74, 6) is -0.469. The van der Waals surface area contributed by atoms with Crippen LogP contribution >= 0.6 is 11.3 Å². The maximum Gasteiger partial charge on any atom is 0.259 e. The van der Waals surface area contributed by atoms with E-state index in [-0.39, 0.29) is 18.4 Å². The van der Waals surface area contributed by atoms with Crippen LogP contribution in [0.1, 0.15) is 34.2 Å². The number of benzene rings is 1. The molecule has 1 aromatic carbocycles. The molecule has 0 aliphatic carbocycles. The van der Waals surface area contributed by atoms with E-state index in [1.54, 1.807) is 9.80 Å². The first-order valence-electron chi connectivity index (χ1n) is 10.1. The van der Waals surface area contributed by atoms with Crippen molar-refractivity contribution < 1.29 is 23.9 Å². The molecule has 2 N–H and O–H groups in total. The minimum Gasteiger partial charge on any atom is -0.370 e. The van der Waals surface area contributed by atoms with E-state index >= 15 is 0 Å². The second kappa shape index (κ2) is 9.11. The molecule has 4 rings (SSSR count). The van der Waals surface area contributed by atoms with Crippen LogP contribution in [-0.4, -0.2) is 73.5 Å². The smallest absolute Gasteiger partial charge is 0.259 e. The standard InChI is InChI=1S/C21H25N3O5S/c22-21(27)20-19(14-4-1-2-5-16(14)30-20)15-12-24(9-11-29-15)18(26)13-28-10-8-23-7-3-6-17(23)25/h1-2,4-5,15H,3,6-13H2,(H2,22,27)/t15-/m0/s1. The fourth-order valence-corrected chi connectivity index (χ4v) is 5.09. The number of nitrogens with two attached hydrogens (primary N) is 1. The number of thiophene rings is 1. The Morgan fingerprint density at radius 2 is 2.10 bits per heavy atom. The van der Waals surface area contributed by atoms with Crippen molar-refractivity contribution in [1.29, 1.82) is 0 Å². The molecule has 0 radical (unpaired) electrons. The maximum atomic E-state index is 12.6. The van der Waals surface area contributed by atoms with Crippen molar-refractivity contribution in [3.8, 4) is 0 Å². The first kappa shape index (κ1) is 20.8. The van der Waals surface area contributed by atoms with Crippen LogP contribution in [0.15, 0.2) is 24.3 Å². The molecule has 160 valence electrons. The minimum atomic E-state index is -0.488. The highest BCUT2D eigenvalue weighted by atomic mass is 32.1. The van der Waals surface area contributed by atoms with E-state index in [1.807, 2.05) is 24.3 Å². The quantitative estimate of drug-likeness (QED) is 0.670.